The summed E-state index contributed by atoms with van der Waals surface area (Å²) in [4.78, 5) is 8.98. The minimum atomic E-state index is 0. The monoisotopic (exact) mass is 546 g/mol. The van der Waals surface area contributed by atoms with Gasteiger partial charge in [0.2, 0.25) is 12.7 Å². The summed E-state index contributed by atoms with van der Waals surface area (Å²) in [5, 5.41) is 6.63. The number of guanidine groups is 1. The van der Waals surface area contributed by atoms with Crippen molar-refractivity contribution in [2.24, 2.45) is 4.99 Å². The van der Waals surface area contributed by atoms with E-state index in [9.17, 15) is 0 Å². The van der Waals surface area contributed by atoms with Crippen molar-refractivity contribution in [1.29, 1.82) is 0 Å². The van der Waals surface area contributed by atoms with Crippen LogP contribution in [0.15, 0.2) is 71.9 Å². The summed E-state index contributed by atoms with van der Waals surface area (Å²) in [6, 6.07) is 19.8. The molecule has 7 nitrogen and oxygen atoms in total. The van der Waals surface area contributed by atoms with Crippen LogP contribution in [-0.2, 0) is 19.7 Å². The molecule has 1 aliphatic heterocycles. The van der Waals surface area contributed by atoms with Gasteiger partial charge in [0.1, 0.15) is 6.61 Å². The van der Waals surface area contributed by atoms with Crippen LogP contribution in [0.3, 0.4) is 0 Å². The molecule has 0 spiro atoms. The van der Waals surface area contributed by atoms with Gasteiger partial charge in [-0.25, -0.2) is 9.98 Å². The summed E-state index contributed by atoms with van der Waals surface area (Å²) in [7, 11) is 0. The molecule has 0 saturated heterocycles. The summed E-state index contributed by atoms with van der Waals surface area (Å²) in [6.07, 6.45) is 1.76. The highest BCUT2D eigenvalue weighted by Gasteiger charge is 2.13. The van der Waals surface area contributed by atoms with Crippen LogP contribution in [0.25, 0.3) is 0 Å². The van der Waals surface area contributed by atoms with Crippen molar-refractivity contribution in [1.82, 2.24) is 15.6 Å². The summed E-state index contributed by atoms with van der Waals surface area (Å²) < 4.78 is 16.6. The Labute approximate surface area is 205 Å². The first-order valence-electron chi connectivity index (χ1n) is 10.3. The van der Waals surface area contributed by atoms with Gasteiger partial charge in [0.15, 0.2) is 17.5 Å². The Morgan fingerprint density at radius 2 is 1.81 bits per heavy atom. The fourth-order valence-electron chi connectivity index (χ4n) is 3.11. The van der Waals surface area contributed by atoms with Gasteiger partial charge in [-0.2, -0.15) is 0 Å². The number of halogens is 1. The molecule has 0 radical (unpaired) electrons. The lowest BCUT2D eigenvalue weighted by Crippen LogP contribution is -2.36. The van der Waals surface area contributed by atoms with E-state index < -0.39 is 0 Å². The Balaban J connectivity index is 0.00000289. The zero-order valence-electron chi connectivity index (χ0n) is 17.9. The van der Waals surface area contributed by atoms with E-state index in [2.05, 4.69) is 20.6 Å². The normalized spacial score (nSPS) is 12.1. The van der Waals surface area contributed by atoms with Crippen LogP contribution in [0.4, 0.5) is 0 Å². The SMILES string of the molecule is CCNC(=NCc1ccc2c(c1)OCO2)NCc1ccnc(OCc2ccccc2)c1.I. The molecule has 1 aromatic heterocycles. The van der Waals surface area contributed by atoms with Gasteiger partial charge < -0.3 is 24.8 Å². The second kappa shape index (κ2) is 12.1. The van der Waals surface area contributed by atoms with Gasteiger partial charge in [0.05, 0.1) is 6.54 Å². The highest BCUT2D eigenvalue weighted by Crippen LogP contribution is 2.32. The number of nitrogens with zero attached hydrogens (tertiary/aromatic N) is 2. The van der Waals surface area contributed by atoms with Gasteiger partial charge in [0, 0.05) is 25.4 Å². The molecule has 0 unspecified atom stereocenters. The molecule has 0 aliphatic carbocycles. The molecular weight excluding hydrogens is 519 g/mol. The minimum absolute atomic E-state index is 0. The first kappa shape index (κ1) is 23.6. The molecule has 0 atom stereocenters. The van der Waals surface area contributed by atoms with Crippen molar-refractivity contribution in [3.8, 4) is 17.4 Å². The Morgan fingerprint density at radius 1 is 0.969 bits per heavy atom. The average Bonchev–Trinajstić information content (AvgIpc) is 3.28. The van der Waals surface area contributed by atoms with Crippen molar-refractivity contribution in [2.75, 3.05) is 13.3 Å². The molecular formula is C24H27IN4O3. The fourth-order valence-corrected chi connectivity index (χ4v) is 3.11. The van der Waals surface area contributed by atoms with E-state index in [1.165, 1.54) is 0 Å². The van der Waals surface area contributed by atoms with Gasteiger partial charge >= 0.3 is 0 Å². The molecule has 8 heteroatoms. The maximum absolute atomic E-state index is 5.82. The van der Waals surface area contributed by atoms with E-state index in [0.717, 1.165) is 40.7 Å². The highest BCUT2D eigenvalue weighted by atomic mass is 127. The summed E-state index contributed by atoms with van der Waals surface area (Å²) in [5.74, 6) is 2.89. The van der Waals surface area contributed by atoms with Crippen molar-refractivity contribution in [3.63, 3.8) is 0 Å². The smallest absolute Gasteiger partial charge is 0.231 e. The number of hydrogen-bond donors (Lipinski definition) is 2. The number of aliphatic imine (C=N–C) groups is 1. The molecule has 0 bridgehead atoms. The zero-order valence-corrected chi connectivity index (χ0v) is 20.2. The van der Waals surface area contributed by atoms with Crippen molar-refractivity contribution in [2.45, 2.75) is 26.6 Å². The molecule has 0 amide bonds. The van der Waals surface area contributed by atoms with Gasteiger partial charge in [0.25, 0.3) is 0 Å². The van der Waals surface area contributed by atoms with Crippen LogP contribution in [-0.4, -0.2) is 24.3 Å². The molecule has 3 aromatic rings. The second-order valence-corrected chi connectivity index (χ2v) is 7.01. The Hall–Kier alpha value is -3.01. The van der Waals surface area contributed by atoms with Gasteiger partial charge in [-0.1, -0.05) is 36.4 Å². The molecule has 168 valence electrons. The van der Waals surface area contributed by atoms with E-state index in [1.54, 1.807) is 6.20 Å². The predicted molar refractivity (Wildman–Crippen MR) is 135 cm³/mol. The molecule has 0 saturated carbocycles. The molecule has 2 heterocycles. The quantitative estimate of drug-likeness (QED) is 0.250. The Bertz CT molecular complexity index is 1030. The van der Waals surface area contributed by atoms with Crippen LogP contribution in [0.1, 0.15) is 23.6 Å². The van der Waals surface area contributed by atoms with Crippen LogP contribution in [0, 0.1) is 0 Å². The first-order chi connectivity index (χ1) is 15.3. The first-order valence-corrected chi connectivity index (χ1v) is 10.3. The highest BCUT2D eigenvalue weighted by molar-refractivity contribution is 14.0. The number of rotatable bonds is 8. The maximum atomic E-state index is 5.82. The van der Waals surface area contributed by atoms with E-state index in [-0.39, 0.29) is 30.8 Å². The van der Waals surface area contributed by atoms with E-state index in [0.29, 0.717) is 25.6 Å². The number of ether oxygens (including phenoxy) is 3. The van der Waals surface area contributed by atoms with Crippen molar-refractivity contribution < 1.29 is 14.2 Å². The summed E-state index contributed by atoms with van der Waals surface area (Å²) in [5.41, 5.74) is 3.23. The number of aromatic nitrogens is 1. The molecule has 0 fully saturated rings. The number of nitrogens with one attached hydrogen (secondary N) is 2. The molecule has 4 rings (SSSR count). The second-order valence-electron chi connectivity index (χ2n) is 7.01. The number of hydrogen-bond acceptors (Lipinski definition) is 5. The number of fused-ring (bicyclic) bond motifs is 1. The summed E-state index contributed by atoms with van der Waals surface area (Å²) >= 11 is 0. The van der Waals surface area contributed by atoms with Crippen LogP contribution in [0.2, 0.25) is 0 Å². The Kier molecular flexibility index (Phi) is 8.97. The maximum Gasteiger partial charge on any atom is 0.231 e. The van der Waals surface area contributed by atoms with Gasteiger partial charge in [-0.05, 0) is 41.8 Å². The largest absolute Gasteiger partial charge is 0.473 e. The summed E-state index contributed by atoms with van der Waals surface area (Å²) in [6.45, 7) is 4.72. The van der Waals surface area contributed by atoms with Crippen LogP contribution in [0.5, 0.6) is 17.4 Å². The van der Waals surface area contributed by atoms with E-state index in [1.807, 2.05) is 67.6 Å². The lowest BCUT2D eigenvalue weighted by Gasteiger charge is -2.12. The third-order valence-electron chi connectivity index (χ3n) is 4.69. The average molecular weight is 546 g/mol. The van der Waals surface area contributed by atoms with Crippen LogP contribution < -0.4 is 24.8 Å². The zero-order chi connectivity index (χ0) is 21.3. The third kappa shape index (κ3) is 6.74. The number of pyridine rings is 1. The molecule has 1 aliphatic rings. The van der Waals surface area contributed by atoms with E-state index >= 15 is 0 Å². The predicted octanol–water partition coefficient (Wildman–Crippen LogP) is 4.26. The topological polar surface area (TPSA) is 77.0 Å². The van der Waals surface area contributed by atoms with Gasteiger partial charge in [-0.3, -0.25) is 0 Å². The molecule has 32 heavy (non-hydrogen) atoms. The third-order valence-corrected chi connectivity index (χ3v) is 4.69. The van der Waals surface area contributed by atoms with Crippen LogP contribution >= 0.6 is 24.0 Å². The van der Waals surface area contributed by atoms with Crippen molar-refractivity contribution in [3.05, 3.63) is 83.6 Å². The molecule has 2 N–H and O–H groups in total. The standard InChI is InChI=1S/C24H26N4O3.HI/c1-2-25-24(27-14-19-8-9-21-22(12-19)31-17-30-21)28-15-20-10-11-26-23(13-20)29-16-18-6-4-3-5-7-18;/h3-13H,2,14-17H2,1H3,(H2,25,27,28);1H. The fraction of sp³-hybridized carbons (Fsp3) is 0.250. The van der Waals surface area contributed by atoms with E-state index in [4.69, 9.17) is 14.2 Å². The lowest BCUT2D eigenvalue weighted by atomic mass is 10.2. The molecule has 2 aromatic carbocycles. The Morgan fingerprint density at radius 3 is 2.66 bits per heavy atom. The van der Waals surface area contributed by atoms with Crippen molar-refractivity contribution >= 4 is 29.9 Å². The van der Waals surface area contributed by atoms with Gasteiger partial charge in [-0.15, -0.1) is 24.0 Å². The number of benzene rings is 2. The lowest BCUT2D eigenvalue weighted by molar-refractivity contribution is 0.174. The minimum Gasteiger partial charge on any atom is -0.473 e.